The van der Waals surface area contributed by atoms with Gasteiger partial charge in [0, 0.05) is 18.6 Å². The molecule has 1 aromatic carbocycles. The highest BCUT2D eigenvalue weighted by Crippen LogP contribution is 2.31. The molecule has 1 atom stereocenters. The quantitative estimate of drug-likeness (QED) is 0.897. The molecule has 0 saturated carbocycles. The Hall–Kier alpha value is -1.81. The smallest absolute Gasteiger partial charge is 0.180 e. The van der Waals surface area contributed by atoms with Crippen LogP contribution in [-0.4, -0.2) is 28.7 Å². The van der Waals surface area contributed by atoms with Gasteiger partial charge in [0.25, 0.3) is 0 Å². The zero-order chi connectivity index (χ0) is 16.3. The maximum absolute atomic E-state index is 10.4. The van der Waals surface area contributed by atoms with Crippen LogP contribution in [0.4, 0.5) is 5.82 Å². The summed E-state index contributed by atoms with van der Waals surface area (Å²) in [5, 5.41) is 11.1. The highest BCUT2D eigenvalue weighted by Gasteiger charge is 2.18. The van der Waals surface area contributed by atoms with Gasteiger partial charge in [-0.25, -0.2) is 9.97 Å². The summed E-state index contributed by atoms with van der Waals surface area (Å²) in [6.45, 7) is 6.88. The molecule has 4 nitrogen and oxygen atoms in total. The summed E-state index contributed by atoms with van der Waals surface area (Å²) < 4.78 is 0. The van der Waals surface area contributed by atoms with Crippen LogP contribution in [0.15, 0.2) is 30.6 Å². The highest BCUT2D eigenvalue weighted by molar-refractivity contribution is 6.30. The van der Waals surface area contributed by atoms with Crippen molar-refractivity contribution in [3.63, 3.8) is 0 Å². The fraction of sp³-hybridized carbons (Fsp3) is 0.412. The number of anilines is 1. The van der Waals surface area contributed by atoms with E-state index in [-0.39, 0.29) is 11.7 Å². The lowest BCUT2D eigenvalue weighted by Gasteiger charge is -2.24. The summed E-state index contributed by atoms with van der Waals surface area (Å²) in [4.78, 5) is 10.4. The highest BCUT2D eigenvalue weighted by atomic mass is 35.5. The van der Waals surface area contributed by atoms with Crippen molar-refractivity contribution in [2.75, 3.05) is 18.5 Å². The maximum atomic E-state index is 10.4. The van der Waals surface area contributed by atoms with Gasteiger partial charge in [0.05, 0.1) is 5.69 Å². The van der Waals surface area contributed by atoms with Gasteiger partial charge in [-0.2, -0.15) is 0 Å². The molecule has 0 spiro atoms. The van der Waals surface area contributed by atoms with Crippen LogP contribution < -0.4 is 4.90 Å². The molecule has 0 amide bonds. The molecular formula is C17H22ClN3O. The second kappa shape index (κ2) is 6.97. The molecule has 0 aliphatic rings. The van der Waals surface area contributed by atoms with E-state index in [4.69, 9.17) is 11.6 Å². The molecule has 0 bridgehead atoms. The topological polar surface area (TPSA) is 49.2 Å². The Kier molecular flexibility index (Phi) is 5.24. The largest absolute Gasteiger partial charge is 0.503 e. The van der Waals surface area contributed by atoms with Crippen LogP contribution in [0, 0.1) is 0 Å². The summed E-state index contributed by atoms with van der Waals surface area (Å²) in [6, 6.07) is 7.85. The number of aromatic nitrogens is 2. The molecule has 1 unspecified atom stereocenters. The van der Waals surface area contributed by atoms with Crippen LogP contribution in [0.25, 0.3) is 0 Å². The van der Waals surface area contributed by atoms with Crippen molar-refractivity contribution < 1.29 is 5.11 Å². The van der Waals surface area contributed by atoms with E-state index in [0.29, 0.717) is 17.4 Å². The van der Waals surface area contributed by atoms with Gasteiger partial charge in [-0.15, -0.1) is 0 Å². The van der Waals surface area contributed by atoms with Crippen LogP contribution in [-0.2, 0) is 0 Å². The van der Waals surface area contributed by atoms with E-state index in [1.54, 1.807) is 0 Å². The Morgan fingerprint density at radius 1 is 1.14 bits per heavy atom. The van der Waals surface area contributed by atoms with Crippen molar-refractivity contribution in [2.24, 2.45) is 0 Å². The van der Waals surface area contributed by atoms with Gasteiger partial charge in [-0.1, -0.05) is 44.5 Å². The zero-order valence-corrected chi connectivity index (χ0v) is 14.2. The van der Waals surface area contributed by atoms with Crippen molar-refractivity contribution in [1.82, 2.24) is 9.97 Å². The predicted molar refractivity (Wildman–Crippen MR) is 90.9 cm³/mol. The summed E-state index contributed by atoms with van der Waals surface area (Å²) in [6.07, 6.45) is 1.51. The van der Waals surface area contributed by atoms with Crippen molar-refractivity contribution in [3.05, 3.63) is 46.9 Å². The van der Waals surface area contributed by atoms with E-state index in [1.165, 1.54) is 11.9 Å². The number of benzene rings is 1. The predicted octanol–water partition coefficient (Wildman–Crippen LogP) is 4.20. The first-order valence-electron chi connectivity index (χ1n) is 7.40. The molecule has 0 radical (unpaired) electrons. The molecule has 5 heteroatoms. The Bertz CT molecular complexity index is 628. The van der Waals surface area contributed by atoms with E-state index < -0.39 is 0 Å². The summed E-state index contributed by atoms with van der Waals surface area (Å²) in [5.41, 5.74) is 1.88. The van der Waals surface area contributed by atoms with E-state index >= 15 is 0 Å². The number of aromatic hydroxyl groups is 1. The van der Waals surface area contributed by atoms with E-state index in [9.17, 15) is 5.11 Å². The van der Waals surface area contributed by atoms with E-state index in [2.05, 4.69) is 16.9 Å². The Labute approximate surface area is 136 Å². The van der Waals surface area contributed by atoms with Gasteiger partial charge >= 0.3 is 0 Å². The average Bonchev–Trinajstić information content (AvgIpc) is 2.47. The SMILES string of the molecule is CC(C)c1ncnc(N(C)CC(C)c2ccc(Cl)cc2)c1O. The van der Waals surface area contributed by atoms with Crippen molar-refractivity contribution in [1.29, 1.82) is 0 Å². The molecule has 1 aromatic heterocycles. The third-order valence-electron chi connectivity index (χ3n) is 3.73. The van der Waals surface area contributed by atoms with Crippen LogP contribution >= 0.6 is 11.6 Å². The van der Waals surface area contributed by atoms with Crippen LogP contribution in [0.3, 0.4) is 0 Å². The maximum Gasteiger partial charge on any atom is 0.180 e. The van der Waals surface area contributed by atoms with Crippen LogP contribution in [0.5, 0.6) is 5.75 Å². The number of halogens is 1. The van der Waals surface area contributed by atoms with Gasteiger partial charge < -0.3 is 10.0 Å². The third-order valence-corrected chi connectivity index (χ3v) is 3.98. The molecular weight excluding hydrogens is 298 g/mol. The van der Waals surface area contributed by atoms with Gasteiger partial charge in [-0.05, 0) is 29.5 Å². The summed E-state index contributed by atoms with van der Waals surface area (Å²) in [5.74, 6) is 1.19. The number of rotatable bonds is 5. The van der Waals surface area contributed by atoms with Crippen molar-refractivity contribution in [3.8, 4) is 5.75 Å². The first-order valence-corrected chi connectivity index (χ1v) is 7.78. The monoisotopic (exact) mass is 319 g/mol. The Morgan fingerprint density at radius 3 is 2.36 bits per heavy atom. The molecule has 0 aliphatic carbocycles. The van der Waals surface area contributed by atoms with Crippen molar-refractivity contribution >= 4 is 17.4 Å². The lowest BCUT2D eigenvalue weighted by Crippen LogP contribution is -2.24. The average molecular weight is 320 g/mol. The Balaban J connectivity index is 2.17. The fourth-order valence-electron chi connectivity index (χ4n) is 2.48. The zero-order valence-electron chi connectivity index (χ0n) is 13.4. The minimum atomic E-state index is 0.156. The second-order valence-corrected chi connectivity index (χ2v) is 6.36. The Morgan fingerprint density at radius 2 is 1.77 bits per heavy atom. The van der Waals surface area contributed by atoms with Gasteiger partial charge in [0.15, 0.2) is 11.6 Å². The number of hydrogen-bond acceptors (Lipinski definition) is 4. The van der Waals surface area contributed by atoms with E-state index in [1.807, 2.05) is 50.1 Å². The molecule has 1 heterocycles. The fourth-order valence-corrected chi connectivity index (χ4v) is 2.60. The minimum Gasteiger partial charge on any atom is -0.503 e. The lowest BCUT2D eigenvalue weighted by atomic mass is 10.0. The minimum absolute atomic E-state index is 0.156. The van der Waals surface area contributed by atoms with Gasteiger partial charge in [0.2, 0.25) is 0 Å². The first-order chi connectivity index (χ1) is 10.4. The molecule has 2 aromatic rings. The second-order valence-electron chi connectivity index (χ2n) is 5.92. The molecule has 2 rings (SSSR count). The normalized spacial score (nSPS) is 12.5. The standard InChI is InChI=1S/C17H22ClN3O/c1-11(2)15-16(22)17(20-10-19-15)21(4)9-12(3)13-5-7-14(18)8-6-13/h5-8,10-12,22H,9H2,1-4H3. The summed E-state index contributed by atoms with van der Waals surface area (Å²) in [7, 11) is 1.93. The molecule has 22 heavy (non-hydrogen) atoms. The van der Waals surface area contributed by atoms with Gasteiger partial charge in [-0.3, -0.25) is 0 Å². The molecule has 0 saturated heterocycles. The molecule has 118 valence electrons. The van der Waals surface area contributed by atoms with Gasteiger partial charge in [0.1, 0.15) is 6.33 Å². The number of likely N-dealkylation sites (N-methyl/N-ethyl adjacent to an activating group) is 1. The van der Waals surface area contributed by atoms with Crippen LogP contribution in [0.1, 0.15) is 43.9 Å². The first kappa shape index (κ1) is 16.6. The van der Waals surface area contributed by atoms with E-state index in [0.717, 1.165) is 11.6 Å². The molecule has 0 fully saturated rings. The number of hydrogen-bond donors (Lipinski definition) is 1. The van der Waals surface area contributed by atoms with Crippen LogP contribution in [0.2, 0.25) is 5.02 Å². The third kappa shape index (κ3) is 3.69. The molecule has 0 aliphatic heterocycles. The summed E-state index contributed by atoms with van der Waals surface area (Å²) >= 11 is 5.93. The lowest BCUT2D eigenvalue weighted by molar-refractivity contribution is 0.455. The molecule has 1 N–H and O–H groups in total. The van der Waals surface area contributed by atoms with Crippen molar-refractivity contribution in [2.45, 2.75) is 32.6 Å². The number of nitrogens with zero attached hydrogens (tertiary/aromatic N) is 3.